The van der Waals surface area contributed by atoms with E-state index in [4.69, 9.17) is 19.9 Å². The van der Waals surface area contributed by atoms with E-state index in [1.165, 1.54) is 30.8 Å². The van der Waals surface area contributed by atoms with Crippen molar-refractivity contribution in [1.82, 2.24) is 14.5 Å². The molecule has 30 heavy (non-hydrogen) atoms. The van der Waals surface area contributed by atoms with Gasteiger partial charge in [-0.25, -0.2) is 9.97 Å². The maximum atomic E-state index is 11.9. The van der Waals surface area contributed by atoms with Crippen LogP contribution in [-0.4, -0.2) is 62.4 Å². The van der Waals surface area contributed by atoms with Gasteiger partial charge in [0.2, 0.25) is 0 Å². The minimum atomic E-state index is -1.53. The minimum Gasteiger partial charge on any atom is -0.463 e. The van der Waals surface area contributed by atoms with Crippen molar-refractivity contribution in [3.63, 3.8) is 0 Å². The van der Waals surface area contributed by atoms with Crippen LogP contribution < -0.4 is 11.1 Å². The number of hydrogen-bond donors (Lipinski definition) is 3. The third-order valence-electron chi connectivity index (χ3n) is 5.19. The fraction of sp³-hybridized carbons (Fsp3) is 0.389. The number of carbonyl (C=O) groups excluding carboxylic acids is 3. The van der Waals surface area contributed by atoms with E-state index in [2.05, 4.69) is 15.3 Å². The summed E-state index contributed by atoms with van der Waals surface area (Å²) in [5, 5.41) is 13.9. The van der Waals surface area contributed by atoms with Crippen molar-refractivity contribution in [1.29, 1.82) is 0 Å². The Morgan fingerprint density at radius 3 is 2.97 bits per heavy atom. The summed E-state index contributed by atoms with van der Waals surface area (Å²) in [6.07, 6.45) is 0.726. The van der Waals surface area contributed by atoms with Crippen molar-refractivity contribution < 1.29 is 33.7 Å². The van der Waals surface area contributed by atoms with Gasteiger partial charge in [-0.2, -0.15) is 0 Å². The van der Waals surface area contributed by atoms with E-state index in [9.17, 15) is 19.5 Å². The molecule has 0 spiro atoms. The van der Waals surface area contributed by atoms with Crippen LogP contribution in [-0.2, 0) is 28.6 Å². The standard InChI is InChI=1S/C18H19N5O7/c1-8(25)28-5-11-14(27)18(2,29-7-24)17(30-11)23-4-9-10(19)3-12(26)22-15-13(9)16(23)21-6-20-15/h3-4,6-7,11,14,17,27H,5,19H2,1-2H3,(H,20,21,22,26)/t11-,14-,17-,18?/m1/s1. The van der Waals surface area contributed by atoms with E-state index in [0.717, 1.165) is 0 Å². The van der Waals surface area contributed by atoms with Crippen molar-refractivity contribution in [3.05, 3.63) is 24.2 Å². The molecule has 1 saturated heterocycles. The average Bonchev–Trinajstić information content (AvgIpc) is 3.13. The molecule has 12 heteroatoms. The van der Waals surface area contributed by atoms with Crippen LogP contribution in [0.15, 0.2) is 18.6 Å². The summed E-state index contributed by atoms with van der Waals surface area (Å²) in [5.74, 6) is -0.726. The van der Waals surface area contributed by atoms with Gasteiger partial charge in [-0.3, -0.25) is 14.4 Å². The SMILES string of the molecule is CC(=O)OC[C@H]1O[C@@H](n2cc3c4c(ncnc42)NC(=O)C=C3N)C(C)(OC=O)[C@@H]1O. The zero-order valence-corrected chi connectivity index (χ0v) is 16.1. The van der Waals surface area contributed by atoms with Gasteiger partial charge in [0.15, 0.2) is 11.8 Å². The molecule has 4 heterocycles. The van der Waals surface area contributed by atoms with Crippen LogP contribution in [0.5, 0.6) is 0 Å². The number of carbonyl (C=O) groups is 3. The van der Waals surface area contributed by atoms with Crippen LogP contribution >= 0.6 is 0 Å². The molecule has 1 unspecified atom stereocenters. The number of nitrogens with one attached hydrogen (secondary N) is 1. The van der Waals surface area contributed by atoms with Gasteiger partial charge in [-0.15, -0.1) is 0 Å². The predicted molar refractivity (Wildman–Crippen MR) is 100 cm³/mol. The Morgan fingerprint density at radius 1 is 1.50 bits per heavy atom. The zero-order valence-electron chi connectivity index (χ0n) is 16.1. The quantitative estimate of drug-likeness (QED) is 0.423. The molecule has 2 aliphatic heterocycles. The molecule has 2 aliphatic rings. The van der Waals surface area contributed by atoms with Gasteiger partial charge < -0.3 is 34.9 Å². The normalized spacial score (nSPS) is 27.9. The van der Waals surface area contributed by atoms with E-state index in [0.29, 0.717) is 16.6 Å². The van der Waals surface area contributed by atoms with Gasteiger partial charge >= 0.3 is 5.97 Å². The number of ether oxygens (including phenoxy) is 3. The van der Waals surface area contributed by atoms with E-state index >= 15 is 0 Å². The van der Waals surface area contributed by atoms with Crippen molar-refractivity contribution in [2.24, 2.45) is 5.73 Å². The van der Waals surface area contributed by atoms with Crippen LogP contribution in [0.2, 0.25) is 0 Å². The number of aromatic nitrogens is 3. The molecule has 0 radical (unpaired) electrons. The number of nitrogens with zero attached hydrogens (tertiary/aromatic N) is 3. The van der Waals surface area contributed by atoms with Crippen LogP contribution in [0.4, 0.5) is 5.82 Å². The number of aliphatic hydroxyl groups is 1. The Bertz CT molecular complexity index is 1080. The van der Waals surface area contributed by atoms with Gasteiger partial charge in [0.1, 0.15) is 36.6 Å². The first kappa shape index (κ1) is 19.8. The molecule has 12 nitrogen and oxygen atoms in total. The molecule has 4 atom stereocenters. The van der Waals surface area contributed by atoms with E-state index in [-0.39, 0.29) is 24.6 Å². The summed E-state index contributed by atoms with van der Waals surface area (Å²) in [7, 11) is 0. The number of anilines is 1. The number of esters is 1. The summed E-state index contributed by atoms with van der Waals surface area (Å²) in [5.41, 5.74) is 5.51. The molecule has 1 amide bonds. The Hall–Kier alpha value is -3.51. The molecule has 158 valence electrons. The lowest BCUT2D eigenvalue weighted by molar-refractivity contribution is -0.162. The zero-order chi connectivity index (χ0) is 21.6. The van der Waals surface area contributed by atoms with Crippen LogP contribution in [0, 0.1) is 0 Å². The number of hydrogen-bond acceptors (Lipinski definition) is 10. The van der Waals surface area contributed by atoms with Crippen molar-refractivity contribution in [3.8, 4) is 0 Å². The highest BCUT2D eigenvalue weighted by atomic mass is 16.6. The first-order chi connectivity index (χ1) is 14.3. The van der Waals surface area contributed by atoms with Crippen molar-refractivity contribution in [2.75, 3.05) is 11.9 Å². The summed E-state index contributed by atoms with van der Waals surface area (Å²) >= 11 is 0. The molecule has 0 aromatic carbocycles. The summed E-state index contributed by atoms with van der Waals surface area (Å²) in [6, 6.07) is 0. The summed E-state index contributed by atoms with van der Waals surface area (Å²) < 4.78 is 17.7. The molecule has 4 rings (SSSR count). The van der Waals surface area contributed by atoms with Crippen LogP contribution in [0.3, 0.4) is 0 Å². The lowest BCUT2D eigenvalue weighted by Gasteiger charge is -2.31. The van der Waals surface area contributed by atoms with E-state index < -0.39 is 35.9 Å². The highest BCUT2D eigenvalue weighted by molar-refractivity contribution is 6.13. The average molecular weight is 417 g/mol. The Morgan fingerprint density at radius 2 is 2.27 bits per heavy atom. The molecular weight excluding hydrogens is 398 g/mol. The highest BCUT2D eigenvalue weighted by Crippen LogP contribution is 2.44. The molecule has 2 aromatic heterocycles. The van der Waals surface area contributed by atoms with Gasteiger partial charge in [0, 0.05) is 30.5 Å². The smallest absolute Gasteiger partial charge is 0.302 e. The van der Waals surface area contributed by atoms with Crippen LogP contribution in [0.25, 0.3) is 16.7 Å². The second-order valence-corrected chi connectivity index (χ2v) is 7.13. The van der Waals surface area contributed by atoms with Gasteiger partial charge in [-0.05, 0) is 6.92 Å². The summed E-state index contributed by atoms with van der Waals surface area (Å²) in [4.78, 5) is 42.7. The molecule has 0 bridgehead atoms. The topological polar surface area (TPSA) is 168 Å². The molecule has 4 N–H and O–H groups in total. The number of nitrogens with two attached hydrogens (primary N) is 1. The lowest BCUT2D eigenvalue weighted by atomic mass is 9.96. The Labute approximate surface area is 169 Å². The van der Waals surface area contributed by atoms with E-state index in [1.807, 2.05) is 0 Å². The van der Waals surface area contributed by atoms with Gasteiger partial charge in [0.25, 0.3) is 12.4 Å². The number of amides is 1. The first-order valence-electron chi connectivity index (χ1n) is 8.98. The van der Waals surface area contributed by atoms with Crippen molar-refractivity contribution in [2.45, 2.75) is 37.9 Å². The third kappa shape index (κ3) is 2.97. The van der Waals surface area contributed by atoms with Crippen LogP contribution in [0.1, 0.15) is 25.6 Å². The second kappa shape index (κ2) is 7.07. The third-order valence-corrected chi connectivity index (χ3v) is 5.19. The van der Waals surface area contributed by atoms with Gasteiger partial charge in [-0.1, -0.05) is 0 Å². The maximum absolute atomic E-state index is 11.9. The molecule has 2 aromatic rings. The predicted octanol–water partition coefficient (Wildman–Crippen LogP) is -0.564. The van der Waals surface area contributed by atoms with Gasteiger partial charge in [0.05, 0.1) is 5.39 Å². The first-order valence-corrected chi connectivity index (χ1v) is 8.98. The maximum Gasteiger partial charge on any atom is 0.302 e. The largest absolute Gasteiger partial charge is 0.463 e. The van der Waals surface area contributed by atoms with E-state index in [1.54, 1.807) is 6.20 Å². The monoisotopic (exact) mass is 417 g/mol. The Balaban J connectivity index is 1.84. The van der Waals surface area contributed by atoms with Crippen molar-refractivity contribution >= 4 is 40.9 Å². The Kier molecular flexibility index (Phi) is 4.67. The molecule has 0 aliphatic carbocycles. The fourth-order valence-corrected chi connectivity index (χ4v) is 3.74. The molecular formula is C18H19N5O7. The highest BCUT2D eigenvalue weighted by Gasteiger charge is 2.57. The number of rotatable bonds is 5. The fourth-order valence-electron chi connectivity index (χ4n) is 3.74. The minimum absolute atomic E-state index is 0.179. The number of aliphatic hydroxyl groups excluding tert-OH is 1. The summed E-state index contributed by atoms with van der Waals surface area (Å²) in [6.45, 7) is 2.69. The second-order valence-electron chi connectivity index (χ2n) is 7.13. The molecule has 0 saturated carbocycles. The molecule has 1 fully saturated rings. The lowest BCUT2D eigenvalue weighted by Crippen LogP contribution is -2.46.